The van der Waals surface area contributed by atoms with Crippen LogP contribution < -0.4 is 4.74 Å². The first-order valence-electron chi connectivity index (χ1n) is 9.09. The van der Waals surface area contributed by atoms with Gasteiger partial charge < -0.3 is 28.8 Å². The second kappa shape index (κ2) is 6.12. The van der Waals surface area contributed by atoms with E-state index in [0.717, 1.165) is 0 Å². The Morgan fingerprint density at radius 3 is 2.90 bits per heavy atom. The van der Waals surface area contributed by atoms with Crippen molar-refractivity contribution in [1.82, 2.24) is 0 Å². The molecule has 0 unspecified atom stereocenters. The largest absolute Gasteiger partial charge is 0.504 e. The third-order valence-corrected chi connectivity index (χ3v) is 5.87. The van der Waals surface area contributed by atoms with Gasteiger partial charge in [-0.05, 0) is 29.8 Å². The highest BCUT2D eigenvalue weighted by molar-refractivity contribution is 5.99. The highest BCUT2D eigenvalue weighted by Crippen LogP contribution is 2.58. The Bertz CT molecular complexity index is 1010. The minimum atomic E-state index is -1.03. The number of benzene rings is 1. The topological polar surface area (TPSA) is 101 Å². The second-order valence-electron chi connectivity index (χ2n) is 7.27. The van der Waals surface area contributed by atoms with E-state index in [1.54, 1.807) is 24.3 Å². The molecule has 0 radical (unpaired) electrons. The number of rotatable bonds is 3. The highest BCUT2D eigenvalue weighted by atomic mass is 16.7. The zero-order valence-corrected chi connectivity index (χ0v) is 15.7. The van der Waals surface area contributed by atoms with E-state index in [-0.39, 0.29) is 23.3 Å². The number of aromatic hydroxyl groups is 1. The Morgan fingerprint density at radius 2 is 2.14 bits per heavy atom. The fourth-order valence-corrected chi connectivity index (χ4v) is 4.57. The summed E-state index contributed by atoms with van der Waals surface area (Å²) in [6.45, 7) is 0. The van der Waals surface area contributed by atoms with Gasteiger partial charge in [0, 0.05) is 5.92 Å². The third-order valence-electron chi connectivity index (χ3n) is 5.87. The molecule has 3 aliphatic heterocycles. The molecule has 0 amide bonds. The molecule has 5 atom stereocenters. The molecule has 0 saturated carbocycles. The first-order valence-corrected chi connectivity index (χ1v) is 9.09. The van der Waals surface area contributed by atoms with E-state index in [1.807, 2.05) is 6.08 Å². The minimum Gasteiger partial charge on any atom is -0.504 e. The number of methoxy groups -OCH3 is 2. The maximum atomic E-state index is 12.7. The van der Waals surface area contributed by atoms with Crippen molar-refractivity contribution in [2.24, 2.45) is 11.8 Å². The summed E-state index contributed by atoms with van der Waals surface area (Å²) >= 11 is 0. The van der Waals surface area contributed by atoms with Gasteiger partial charge in [-0.25, -0.2) is 9.59 Å². The van der Waals surface area contributed by atoms with Crippen LogP contribution in [0.2, 0.25) is 0 Å². The molecule has 2 saturated heterocycles. The number of esters is 2. The van der Waals surface area contributed by atoms with Crippen LogP contribution in [-0.2, 0) is 28.5 Å². The second-order valence-corrected chi connectivity index (χ2v) is 7.27. The molecule has 0 bridgehead atoms. The first-order chi connectivity index (χ1) is 14.0. The van der Waals surface area contributed by atoms with Crippen LogP contribution in [0, 0.1) is 11.8 Å². The molecule has 1 N–H and O–H groups in total. The Kier molecular flexibility index (Phi) is 3.76. The SMILES string of the molecule is COC(=O)C1=CO[C@H]2O[C@@H]3/C(=C\c4ccc(O)c(OC)c4)C(=O)O[C@@]34C=C[C@@H]1[C@@H]24. The van der Waals surface area contributed by atoms with Crippen LogP contribution in [-0.4, -0.2) is 49.3 Å². The number of phenols is 1. The normalized spacial score (nSPS) is 34.9. The first kappa shape index (κ1) is 17.8. The Hall–Kier alpha value is -3.26. The number of hydrogen-bond acceptors (Lipinski definition) is 8. The van der Waals surface area contributed by atoms with Gasteiger partial charge >= 0.3 is 11.9 Å². The zero-order valence-electron chi connectivity index (χ0n) is 15.7. The van der Waals surface area contributed by atoms with E-state index in [9.17, 15) is 14.7 Å². The number of carbonyl (C=O) groups is 2. The van der Waals surface area contributed by atoms with Crippen LogP contribution >= 0.6 is 0 Å². The molecule has 8 nitrogen and oxygen atoms in total. The molecule has 29 heavy (non-hydrogen) atoms. The van der Waals surface area contributed by atoms with E-state index in [1.165, 1.54) is 26.5 Å². The van der Waals surface area contributed by atoms with Crippen molar-refractivity contribution in [1.29, 1.82) is 0 Å². The van der Waals surface area contributed by atoms with Gasteiger partial charge in [0.2, 0.25) is 6.29 Å². The molecule has 5 rings (SSSR count). The Morgan fingerprint density at radius 1 is 1.31 bits per heavy atom. The average Bonchev–Trinajstić information content (AvgIpc) is 3.33. The Balaban J connectivity index is 1.52. The molecule has 3 heterocycles. The van der Waals surface area contributed by atoms with Crippen molar-refractivity contribution in [3.8, 4) is 11.5 Å². The van der Waals surface area contributed by atoms with Crippen molar-refractivity contribution >= 4 is 18.0 Å². The highest BCUT2D eigenvalue weighted by Gasteiger charge is 2.70. The van der Waals surface area contributed by atoms with Crippen LogP contribution in [0.25, 0.3) is 6.08 Å². The van der Waals surface area contributed by atoms with Gasteiger partial charge in [-0.1, -0.05) is 12.1 Å². The average molecular weight is 398 g/mol. The van der Waals surface area contributed by atoms with Gasteiger partial charge in [0.15, 0.2) is 17.1 Å². The van der Waals surface area contributed by atoms with E-state index in [4.69, 9.17) is 23.7 Å². The van der Waals surface area contributed by atoms with Crippen molar-refractivity contribution < 1.29 is 38.4 Å². The summed E-state index contributed by atoms with van der Waals surface area (Å²) < 4.78 is 27.4. The quantitative estimate of drug-likeness (QED) is 0.467. The lowest BCUT2D eigenvalue weighted by molar-refractivity contribution is -0.152. The summed E-state index contributed by atoms with van der Waals surface area (Å²) in [5.74, 6) is -1.41. The standard InChI is InChI=1S/C21H18O8/c1-25-15-8-10(3-4-14(15)22)7-12-17-21(29-19(12)24)6-5-11-13(18(23)26-2)9-27-20(28-17)16(11)21/h3-9,11,16-17,20,22H,1-2H3/b12-7+/t11-,16-,17+,20-,21+/m0/s1. The number of ether oxygens (including phenoxy) is 5. The smallest absolute Gasteiger partial charge is 0.337 e. The minimum absolute atomic E-state index is 0.000336. The third kappa shape index (κ3) is 2.35. The molecule has 8 heteroatoms. The zero-order chi connectivity index (χ0) is 20.3. The Labute approximate surface area is 165 Å². The van der Waals surface area contributed by atoms with E-state index in [2.05, 4.69) is 0 Å². The van der Waals surface area contributed by atoms with Gasteiger partial charge in [-0.2, -0.15) is 0 Å². The van der Waals surface area contributed by atoms with E-state index in [0.29, 0.717) is 16.7 Å². The molecule has 1 spiro atoms. The summed E-state index contributed by atoms with van der Waals surface area (Å²) in [6.07, 6.45) is 5.30. The van der Waals surface area contributed by atoms with Crippen LogP contribution in [0.3, 0.4) is 0 Å². The van der Waals surface area contributed by atoms with Gasteiger partial charge in [0.1, 0.15) is 6.10 Å². The van der Waals surface area contributed by atoms with Crippen LogP contribution in [0.15, 0.2) is 47.8 Å². The lowest BCUT2D eigenvalue weighted by atomic mass is 9.78. The number of allylic oxidation sites excluding steroid dienone is 1. The van der Waals surface area contributed by atoms with Crippen molar-refractivity contribution in [3.63, 3.8) is 0 Å². The maximum absolute atomic E-state index is 12.7. The summed E-state index contributed by atoms with van der Waals surface area (Å²) in [5.41, 5.74) is 0.311. The molecule has 1 aromatic rings. The van der Waals surface area contributed by atoms with Crippen LogP contribution in [0.4, 0.5) is 0 Å². The molecule has 0 aromatic heterocycles. The lowest BCUT2D eigenvalue weighted by Gasteiger charge is -2.32. The van der Waals surface area contributed by atoms with Crippen molar-refractivity contribution in [2.75, 3.05) is 14.2 Å². The van der Waals surface area contributed by atoms with Crippen molar-refractivity contribution in [2.45, 2.75) is 18.0 Å². The van der Waals surface area contributed by atoms with Crippen LogP contribution in [0.5, 0.6) is 11.5 Å². The predicted molar refractivity (Wildman–Crippen MR) is 97.4 cm³/mol. The predicted octanol–water partition coefficient (Wildman–Crippen LogP) is 1.69. The van der Waals surface area contributed by atoms with Gasteiger partial charge in [-0.3, -0.25) is 0 Å². The molecule has 2 fully saturated rings. The van der Waals surface area contributed by atoms with Crippen molar-refractivity contribution in [3.05, 3.63) is 53.3 Å². The molecule has 1 aromatic carbocycles. The fraction of sp³-hybridized carbons (Fsp3) is 0.333. The molecular formula is C21H18O8. The lowest BCUT2D eigenvalue weighted by Crippen LogP contribution is -2.43. The van der Waals surface area contributed by atoms with Gasteiger partial charge in [0.25, 0.3) is 0 Å². The van der Waals surface area contributed by atoms with Crippen LogP contribution in [0.1, 0.15) is 5.56 Å². The monoisotopic (exact) mass is 398 g/mol. The molecule has 150 valence electrons. The maximum Gasteiger partial charge on any atom is 0.337 e. The summed E-state index contributed by atoms with van der Waals surface area (Å²) in [6, 6.07) is 4.76. The molecule has 4 aliphatic rings. The number of carbonyl (C=O) groups excluding carboxylic acids is 2. The number of hydrogen-bond donors (Lipinski definition) is 1. The fourth-order valence-electron chi connectivity index (χ4n) is 4.57. The summed E-state index contributed by atoms with van der Waals surface area (Å²) in [4.78, 5) is 24.8. The summed E-state index contributed by atoms with van der Waals surface area (Å²) in [5, 5.41) is 9.78. The van der Waals surface area contributed by atoms with E-state index >= 15 is 0 Å². The molecule has 1 aliphatic carbocycles. The molecular weight excluding hydrogens is 380 g/mol. The summed E-state index contributed by atoms with van der Waals surface area (Å²) in [7, 11) is 2.75. The van der Waals surface area contributed by atoms with Gasteiger partial charge in [0.05, 0.1) is 37.5 Å². The van der Waals surface area contributed by atoms with Gasteiger partial charge in [-0.15, -0.1) is 0 Å². The number of phenolic OH excluding ortho intramolecular Hbond substituents is 1. The van der Waals surface area contributed by atoms with E-state index < -0.39 is 29.9 Å².